The number of thioether (sulfide) groups is 1. The maximum Gasteiger partial charge on any atom is 0.309 e. The van der Waals surface area contributed by atoms with Crippen molar-refractivity contribution in [1.82, 2.24) is 24.6 Å². The lowest BCUT2D eigenvalue weighted by atomic mass is 9.97. The van der Waals surface area contributed by atoms with Crippen LogP contribution in [-0.2, 0) is 15.3 Å². The fourth-order valence-corrected chi connectivity index (χ4v) is 6.54. The summed E-state index contributed by atoms with van der Waals surface area (Å²) in [7, 11) is 0. The van der Waals surface area contributed by atoms with Crippen LogP contribution in [0.15, 0.2) is 59.1 Å². The monoisotopic (exact) mass is 601 g/mol. The van der Waals surface area contributed by atoms with E-state index < -0.39 is 0 Å². The first-order valence-electron chi connectivity index (χ1n) is 12.4. The SMILES string of the molecule is CCOC(=O)C1CCN(C(=O)c2csc(CSc3nnc(-c4ccccc4Cl)n3-c3ccccc3Cl)n2)CC1. The molecule has 2 aromatic heterocycles. The molecule has 0 unspecified atom stereocenters. The number of aromatic nitrogens is 4. The highest BCUT2D eigenvalue weighted by atomic mass is 35.5. The van der Waals surface area contributed by atoms with Crippen LogP contribution in [-0.4, -0.2) is 56.2 Å². The van der Waals surface area contributed by atoms with Gasteiger partial charge >= 0.3 is 5.97 Å². The van der Waals surface area contributed by atoms with E-state index in [-0.39, 0.29) is 17.8 Å². The first-order chi connectivity index (χ1) is 19.0. The van der Waals surface area contributed by atoms with E-state index in [9.17, 15) is 9.59 Å². The number of para-hydroxylation sites is 1. The molecule has 0 spiro atoms. The van der Waals surface area contributed by atoms with Crippen molar-refractivity contribution >= 4 is 58.2 Å². The highest BCUT2D eigenvalue weighted by molar-refractivity contribution is 7.98. The molecule has 0 saturated carbocycles. The van der Waals surface area contributed by atoms with Crippen LogP contribution in [0.5, 0.6) is 0 Å². The summed E-state index contributed by atoms with van der Waals surface area (Å²) >= 11 is 15.9. The number of halogens is 2. The van der Waals surface area contributed by atoms with Crippen molar-refractivity contribution < 1.29 is 14.3 Å². The van der Waals surface area contributed by atoms with E-state index in [2.05, 4.69) is 15.2 Å². The van der Waals surface area contributed by atoms with Gasteiger partial charge in [-0.15, -0.1) is 21.5 Å². The van der Waals surface area contributed by atoms with Crippen LogP contribution in [0.3, 0.4) is 0 Å². The molecule has 2 aromatic carbocycles. The van der Waals surface area contributed by atoms with E-state index >= 15 is 0 Å². The molecule has 12 heteroatoms. The Bertz CT molecular complexity index is 1480. The summed E-state index contributed by atoms with van der Waals surface area (Å²) in [6, 6.07) is 14.9. The van der Waals surface area contributed by atoms with Gasteiger partial charge in [-0.1, -0.05) is 59.2 Å². The lowest BCUT2D eigenvalue weighted by Gasteiger charge is -2.30. The van der Waals surface area contributed by atoms with Crippen LogP contribution in [0.25, 0.3) is 17.1 Å². The number of ether oxygens (including phenoxy) is 1. The molecule has 1 saturated heterocycles. The van der Waals surface area contributed by atoms with Crippen LogP contribution in [0.1, 0.15) is 35.3 Å². The van der Waals surface area contributed by atoms with Crippen LogP contribution in [0.2, 0.25) is 10.0 Å². The minimum atomic E-state index is -0.181. The first-order valence-corrected chi connectivity index (χ1v) is 15.1. The fraction of sp³-hybridized carbons (Fsp3) is 0.296. The number of esters is 1. The zero-order chi connectivity index (χ0) is 27.4. The van der Waals surface area contributed by atoms with Crippen molar-refractivity contribution in [2.45, 2.75) is 30.7 Å². The Morgan fingerprint density at radius 2 is 1.77 bits per heavy atom. The number of carbonyl (C=O) groups excluding carboxylic acids is 2. The van der Waals surface area contributed by atoms with Gasteiger partial charge in [0.05, 0.1) is 34.0 Å². The predicted octanol–water partition coefficient (Wildman–Crippen LogP) is 6.41. The van der Waals surface area contributed by atoms with Gasteiger partial charge in [-0.2, -0.15) is 0 Å². The number of piperidine rings is 1. The summed E-state index contributed by atoms with van der Waals surface area (Å²) in [5.74, 6) is 0.624. The van der Waals surface area contributed by atoms with Gasteiger partial charge in [0, 0.05) is 24.0 Å². The molecule has 1 aliphatic rings. The number of amides is 1. The molecule has 0 N–H and O–H groups in total. The summed E-state index contributed by atoms with van der Waals surface area (Å²) in [4.78, 5) is 31.4. The number of likely N-dealkylation sites (tertiary alicyclic amines) is 1. The molecule has 1 fully saturated rings. The largest absolute Gasteiger partial charge is 0.466 e. The second-order valence-electron chi connectivity index (χ2n) is 8.81. The third-order valence-electron chi connectivity index (χ3n) is 6.34. The van der Waals surface area contributed by atoms with Crippen molar-refractivity contribution in [3.63, 3.8) is 0 Å². The zero-order valence-corrected chi connectivity index (χ0v) is 24.2. The molecule has 1 amide bonds. The van der Waals surface area contributed by atoms with Crippen molar-refractivity contribution in [3.05, 3.63) is 74.7 Å². The molecule has 0 aliphatic carbocycles. The summed E-state index contributed by atoms with van der Waals surface area (Å²) in [6.07, 6.45) is 1.20. The molecule has 5 rings (SSSR count). The Kier molecular flexibility index (Phi) is 8.86. The number of benzene rings is 2. The van der Waals surface area contributed by atoms with E-state index in [1.165, 1.54) is 23.1 Å². The highest BCUT2D eigenvalue weighted by Gasteiger charge is 2.29. The Hall–Kier alpha value is -2.92. The van der Waals surface area contributed by atoms with Crippen LogP contribution in [0.4, 0.5) is 0 Å². The van der Waals surface area contributed by atoms with E-state index in [4.69, 9.17) is 27.9 Å². The van der Waals surface area contributed by atoms with Crippen LogP contribution in [0, 0.1) is 5.92 Å². The summed E-state index contributed by atoms with van der Waals surface area (Å²) in [6.45, 7) is 3.19. The average Bonchev–Trinajstić information content (AvgIpc) is 3.60. The van der Waals surface area contributed by atoms with Gasteiger partial charge in [-0.05, 0) is 44.0 Å². The quantitative estimate of drug-likeness (QED) is 0.170. The molecule has 3 heterocycles. The molecule has 202 valence electrons. The standard InChI is InChI=1S/C27H25Cl2N5O3S2/c1-2-37-26(36)17-11-13-33(14-12-17)25(35)21-15-38-23(30-21)16-39-27-32-31-24(18-7-3-4-8-19(18)28)34(27)22-10-6-5-9-20(22)29/h3-10,15,17H,2,11-14,16H2,1H3. The molecule has 1 aliphatic heterocycles. The molecule has 39 heavy (non-hydrogen) atoms. The lowest BCUT2D eigenvalue weighted by Crippen LogP contribution is -2.40. The van der Waals surface area contributed by atoms with Crippen molar-refractivity contribution in [1.29, 1.82) is 0 Å². The molecule has 0 atom stereocenters. The third kappa shape index (κ3) is 6.14. The first kappa shape index (κ1) is 27.6. The highest BCUT2D eigenvalue weighted by Crippen LogP contribution is 2.35. The minimum Gasteiger partial charge on any atom is -0.466 e. The summed E-state index contributed by atoms with van der Waals surface area (Å²) in [5, 5.41) is 13.2. The molecule has 0 radical (unpaired) electrons. The Balaban J connectivity index is 1.31. The van der Waals surface area contributed by atoms with Crippen molar-refractivity contribution in [2.24, 2.45) is 5.92 Å². The second-order valence-corrected chi connectivity index (χ2v) is 11.5. The maximum absolute atomic E-state index is 13.1. The van der Waals surface area contributed by atoms with Gasteiger partial charge in [0.25, 0.3) is 5.91 Å². The third-order valence-corrected chi connectivity index (χ3v) is 8.96. The van der Waals surface area contributed by atoms with Gasteiger partial charge in [0.2, 0.25) is 0 Å². The Morgan fingerprint density at radius 3 is 2.49 bits per heavy atom. The fourth-order valence-electron chi connectivity index (χ4n) is 4.37. The predicted molar refractivity (Wildman–Crippen MR) is 154 cm³/mol. The number of thiazole rings is 1. The summed E-state index contributed by atoms with van der Waals surface area (Å²) in [5.41, 5.74) is 1.89. The molecule has 0 bridgehead atoms. The smallest absolute Gasteiger partial charge is 0.309 e. The maximum atomic E-state index is 13.1. The zero-order valence-electron chi connectivity index (χ0n) is 21.0. The molecular weight excluding hydrogens is 577 g/mol. The van der Waals surface area contributed by atoms with E-state index in [0.29, 0.717) is 65.0 Å². The average molecular weight is 603 g/mol. The number of nitrogens with zero attached hydrogens (tertiary/aromatic N) is 5. The number of hydrogen-bond acceptors (Lipinski definition) is 8. The Morgan fingerprint density at radius 1 is 1.05 bits per heavy atom. The second kappa shape index (κ2) is 12.5. The number of carbonyl (C=O) groups is 2. The molecule has 8 nitrogen and oxygen atoms in total. The van der Waals surface area contributed by atoms with E-state index in [1.54, 1.807) is 17.2 Å². The topological polar surface area (TPSA) is 90.2 Å². The van der Waals surface area contributed by atoms with Gasteiger partial charge in [0.1, 0.15) is 10.7 Å². The summed E-state index contributed by atoms with van der Waals surface area (Å²) < 4.78 is 7.01. The lowest BCUT2D eigenvalue weighted by molar-refractivity contribution is -0.149. The Labute approximate surface area is 244 Å². The van der Waals surface area contributed by atoms with Gasteiger partial charge in [-0.25, -0.2) is 4.98 Å². The van der Waals surface area contributed by atoms with Crippen molar-refractivity contribution in [3.8, 4) is 17.1 Å². The van der Waals surface area contributed by atoms with E-state index in [0.717, 1.165) is 16.3 Å². The minimum absolute atomic E-state index is 0.120. The van der Waals surface area contributed by atoms with Crippen LogP contribution >= 0.6 is 46.3 Å². The van der Waals surface area contributed by atoms with Crippen molar-refractivity contribution in [2.75, 3.05) is 19.7 Å². The van der Waals surface area contributed by atoms with Crippen LogP contribution < -0.4 is 0 Å². The molecular formula is C27H25Cl2N5O3S2. The number of rotatable bonds is 8. The number of hydrogen-bond donors (Lipinski definition) is 0. The van der Waals surface area contributed by atoms with Gasteiger partial charge in [0.15, 0.2) is 11.0 Å². The van der Waals surface area contributed by atoms with E-state index in [1.807, 2.05) is 53.1 Å². The molecule has 4 aromatic rings. The normalized spacial score (nSPS) is 14.0. The van der Waals surface area contributed by atoms with Gasteiger partial charge in [-0.3, -0.25) is 14.2 Å². The van der Waals surface area contributed by atoms with Gasteiger partial charge < -0.3 is 9.64 Å².